The van der Waals surface area contributed by atoms with Gasteiger partial charge in [-0.25, -0.2) is 0 Å². The Morgan fingerprint density at radius 3 is 2.57 bits per heavy atom. The highest BCUT2D eigenvalue weighted by Gasteiger charge is 2.25. The lowest BCUT2D eigenvalue weighted by Crippen LogP contribution is -2.44. The van der Waals surface area contributed by atoms with E-state index in [2.05, 4.69) is 49.9 Å². The Labute approximate surface area is 86.7 Å². The number of anilines is 1. The monoisotopic (exact) mass is 189 g/mol. The van der Waals surface area contributed by atoms with Gasteiger partial charge in [0.2, 0.25) is 0 Å². The molecule has 14 heavy (non-hydrogen) atoms. The highest BCUT2D eigenvalue weighted by atomic mass is 15.2. The Morgan fingerprint density at radius 2 is 1.86 bits per heavy atom. The van der Waals surface area contributed by atoms with Gasteiger partial charge >= 0.3 is 0 Å². The Hall–Kier alpha value is -0.980. The van der Waals surface area contributed by atoms with Gasteiger partial charge in [-0.1, -0.05) is 18.2 Å². The van der Waals surface area contributed by atoms with E-state index in [0.29, 0.717) is 0 Å². The summed E-state index contributed by atoms with van der Waals surface area (Å²) < 4.78 is 0. The van der Waals surface area contributed by atoms with Gasteiger partial charge in [-0.3, -0.25) is 0 Å². The predicted octanol–water partition coefficient (Wildman–Crippen LogP) is 3.24. The van der Waals surface area contributed by atoms with Crippen LogP contribution in [0.4, 0.5) is 5.69 Å². The molecule has 1 heterocycles. The summed E-state index contributed by atoms with van der Waals surface area (Å²) >= 11 is 0. The van der Waals surface area contributed by atoms with Crippen molar-refractivity contribution in [1.82, 2.24) is 0 Å². The summed E-state index contributed by atoms with van der Waals surface area (Å²) in [5, 5.41) is 0. The summed E-state index contributed by atoms with van der Waals surface area (Å²) in [5.41, 5.74) is 3.19. The van der Waals surface area contributed by atoms with Crippen molar-refractivity contribution >= 4 is 5.69 Å². The molecule has 0 bridgehead atoms. The van der Waals surface area contributed by atoms with Gasteiger partial charge in [0.1, 0.15) is 0 Å². The summed E-state index contributed by atoms with van der Waals surface area (Å²) in [7, 11) is 0. The van der Waals surface area contributed by atoms with E-state index in [0.717, 1.165) is 0 Å². The predicted molar refractivity (Wildman–Crippen MR) is 61.9 cm³/mol. The normalized spacial score (nSPS) is 16.6. The van der Waals surface area contributed by atoms with Crippen LogP contribution in [0, 0.1) is 0 Å². The van der Waals surface area contributed by atoms with E-state index in [1.54, 1.807) is 0 Å². The molecule has 2 rings (SSSR count). The molecular formula is C13H19N. The minimum Gasteiger partial charge on any atom is -0.366 e. The minimum absolute atomic E-state index is 0.247. The Balaban J connectivity index is 2.41. The second-order valence-electron chi connectivity index (χ2n) is 5.05. The number of hydrogen-bond donors (Lipinski definition) is 0. The van der Waals surface area contributed by atoms with Crippen molar-refractivity contribution < 1.29 is 0 Å². The van der Waals surface area contributed by atoms with E-state index >= 15 is 0 Å². The molecule has 0 aromatic heterocycles. The SMILES string of the molecule is CC(C)(C)N1CCCc2ccccc21. The number of aryl methyl sites for hydroxylation is 1. The second kappa shape index (κ2) is 3.30. The maximum atomic E-state index is 2.52. The molecule has 1 aromatic rings. The van der Waals surface area contributed by atoms with Gasteiger partial charge in [0, 0.05) is 17.8 Å². The first-order valence-electron chi connectivity index (χ1n) is 5.44. The summed E-state index contributed by atoms with van der Waals surface area (Å²) in [5.74, 6) is 0. The Kier molecular flexibility index (Phi) is 2.26. The van der Waals surface area contributed by atoms with Gasteiger partial charge in [0.25, 0.3) is 0 Å². The molecule has 0 atom stereocenters. The van der Waals surface area contributed by atoms with E-state index in [-0.39, 0.29) is 5.54 Å². The maximum Gasteiger partial charge on any atom is 0.0403 e. The topological polar surface area (TPSA) is 3.24 Å². The van der Waals surface area contributed by atoms with Crippen LogP contribution in [0.1, 0.15) is 32.8 Å². The molecule has 1 aliphatic heterocycles. The Bertz CT molecular complexity index is 322. The van der Waals surface area contributed by atoms with Gasteiger partial charge in [0.15, 0.2) is 0 Å². The number of benzene rings is 1. The first kappa shape index (κ1) is 9.57. The van der Waals surface area contributed by atoms with Crippen molar-refractivity contribution in [3.8, 4) is 0 Å². The van der Waals surface area contributed by atoms with Crippen molar-refractivity contribution in [2.24, 2.45) is 0 Å². The molecule has 0 spiro atoms. The minimum atomic E-state index is 0.247. The van der Waals surface area contributed by atoms with Crippen LogP contribution in [0.3, 0.4) is 0 Å². The highest BCUT2D eigenvalue weighted by molar-refractivity contribution is 5.57. The second-order valence-corrected chi connectivity index (χ2v) is 5.05. The van der Waals surface area contributed by atoms with Gasteiger partial charge < -0.3 is 4.90 Å². The largest absolute Gasteiger partial charge is 0.366 e. The number of para-hydroxylation sites is 1. The van der Waals surface area contributed by atoms with Gasteiger partial charge in [-0.05, 0) is 45.2 Å². The molecule has 0 saturated heterocycles. The molecule has 76 valence electrons. The van der Waals surface area contributed by atoms with Crippen LogP contribution in [0.2, 0.25) is 0 Å². The molecule has 1 nitrogen and oxygen atoms in total. The number of rotatable bonds is 0. The summed E-state index contributed by atoms with van der Waals surface area (Å²) in [6.07, 6.45) is 2.52. The lowest BCUT2D eigenvalue weighted by atomic mass is 9.96. The average molecular weight is 189 g/mol. The number of fused-ring (bicyclic) bond motifs is 1. The summed E-state index contributed by atoms with van der Waals surface area (Å²) in [4.78, 5) is 2.52. The molecule has 0 N–H and O–H groups in total. The molecular weight excluding hydrogens is 170 g/mol. The van der Waals surface area contributed by atoms with Crippen LogP contribution in [0.25, 0.3) is 0 Å². The fraction of sp³-hybridized carbons (Fsp3) is 0.538. The van der Waals surface area contributed by atoms with E-state index in [4.69, 9.17) is 0 Å². The molecule has 0 radical (unpaired) electrons. The lowest BCUT2D eigenvalue weighted by Gasteiger charge is -2.41. The van der Waals surface area contributed by atoms with Crippen molar-refractivity contribution in [3.63, 3.8) is 0 Å². The maximum absolute atomic E-state index is 2.52. The van der Waals surface area contributed by atoms with Crippen LogP contribution in [-0.2, 0) is 6.42 Å². The van der Waals surface area contributed by atoms with Crippen molar-refractivity contribution in [3.05, 3.63) is 29.8 Å². The number of hydrogen-bond acceptors (Lipinski definition) is 1. The van der Waals surface area contributed by atoms with Crippen LogP contribution in [-0.4, -0.2) is 12.1 Å². The van der Waals surface area contributed by atoms with Crippen molar-refractivity contribution in [2.45, 2.75) is 39.2 Å². The fourth-order valence-electron chi connectivity index (χ4n) is 2.23. The lowest BCUT2D eigenvalue weighted by molar-refractivity contribution is 0.483. The third kappa shape index (κ3) is 1.63. The van der Waals surface area contributed by atoms with E-state index < -0.39 is 0 Å². The number of nitrogens with zero attached hydrogens (tertiary/aromatic N) is 1. The van der Waals surface area contributed by atoms with Crippen LogP contribution >= 0.6 is 0 Å². The highest BCUT2D eigenvalue weighted by Crippen LogP contribution is 2.31. The van der Waals surface area contributed by atoms with Crippen LogP contribution in [0.15, 0.2) is 24.3 Å². The van der Waals surface area contributed by atoms with Crippen molar-refractivity contribution in [2.75, 3.05) is 11.4 Å². The third-order valence-electron chi connectivity index (χ3n) is 2.92. The third-order valence-corrected chi connectivity index (χ3v) is 2.92. The quantitative estimate of drug-likeness (QED) is 0.605. The van der Waals surface area contributed by atoms with E-state index in [9.17, 15) is 0 Å². The zero-order valence-corrected chi connectivity index (χ0v) is 9.38. The molecule has 0 unspecified atom stereocenters. The first-order valence-corrected chi connectivity index (χ1v) is 5.44. The summed E-state index contributed by atoms with van der Waals surface area (Å²) in [6.45, 7) is 8.06. The van der Waals surface area contributed by atoms with Crippen LogP contribution in [0.5, 0.6) is 0 Å². The van der Waals surface area contributed by atoms with Gasteiger partial charge in [0.05, 0.1) is 0 Å². The molecule has 1 aliphatic rings. The van der Waals surface area contributed by atoms with E-state index in [1.807, 2.05) is 0 Å². The standard InChI is InChI=1S/C13H19N/c1-13(2,3)14-10-6-8-11-7-4-5-9-12(11)14/h4-5,7,9H,6,8,10H2,1-3H3. The average Bonchev–Trinajstić information content (AvgIpc) is 2.15. The zero-order valence-electron chi connectivity index (χ0n) is 9.38. The van der Waals surface area contributed by atoms with Crippen molar-refractivity contribution in [1.29, 1.82) is 0 Å². The summed E-state index contributed by atoms with van der Waals surface area (Å²) in [6, 6.07) is 8.79. The molecule has 1 heteroatoms. The molecule has 1 aromatic carbocycles. The zero-order chi connectivity index (χ0) is 10.2. The molecule has 0 fully saturated rings. The Morgan fingerprint density at radius 1 is 1.14 bits per heavy atom. The molecule has 0 aliphatic carbocycles. The molecule has 0 saturated carbocycles. The smallest absolute Gasteiger partial charge is 0.0403 e. The van der Waals surface area contributed by atoms with Gasteiger partial charge in [-0.2, -0.15) is 0 Å². The van der Waals surface area contributed by atoms with Crippen LogP contribution < -0.4 is 4.90 Å². The molecule has 0 amide bonds. The first-order chi connectivity index (χ1) is 6.59. The van der Waals surface area contributed by atoms with E-state index in [1.165, 1.54) is 30.6 Å². The fourth-order valence-corrected chi connectivity index (χ4v) is 2.23. The van der Waals surface area contributed by atoms with Gasteiger partial charge in [-0.15, -0.1) is 0 Å².